The maximum Gasteiger partial charge on any atom is 0.213 e. The second-order valence-electron chi connectivity index (χ2n) is 2.85. The number of likely N-dealkylation sites (N-methyl/N-ethyl adjacent to an activating group) is 1. The molecule has 0 aromatic heterocycles. The van der Waals surface area contributed by atoms with Gasteiger partial charge in [-0.2, -0.15) is 0 Å². The third-order valence-electron chi connectivity index (χ3n) is 1.66. The molecule has 0 aliphatic carbocycles. The first-order valence-corrected chi connectivity index (χ1v) is 5.80. The van der Waals surface area contributed by atoms with Gasteiger partial charge >= 0.3 is 0 Å². The molecule has 0 spiro atoms. The number of ether oxygens (including phenoxy) is 1. The van der Waals surface area contributed by atoms with Gasteiger partial charge in [0.1, 0.15) is 0 Å². The number of rotatable bonds is 7. The maximum atomic E-state index is 11.2. The number of hydrogen-bond acceptors (Lipinski definition) is 4. The molecule has 5 nitrogen and oxygen atoms in total. The molecule has 80 valence electrons. The lowest BCUT2D eigenvalue weighted by Crippen LogP contribution is -2.38. The lowest BCUT2D eigenvalue weighted by Gasteiger charge is -2.11. The van der Waals surface area contributed by atoms with E-state index in [1.807, 2.05) is 6.92 Å². The molecule has 1 atom stereocenters. The molecule has 0 saturated heterocycles. The van der Waals surface area contributed by atoms with Gasteiger partial charge in [-0.15, -0.1) is 0 Å². The Labute approximate surface area is 79.9 Å². The highest BCUT2D eigenvalue weighted by Crippen LogP contribution is 1.86. The predicted octanol–water partition coefficient (Wildman–Crippen LogP) is -0.840. The van der Waals surface area contributed by atoms with Crippen molar-refractivity contribution in [3.8, 4) is 0 Å². The van der Waals surface area contributed by atoms with Crippen LogP contribution in [0.15, 0.2) is 0 Å². The number of hydrogen-bond donors (Lipinski definition) is 2. The van der Waals surface area contributed by atoms with Crippen LogP contribution < -0.4 is 10.0 Å². The van der Waals surface area contributed by atoms with Crippen LogP contribution in [0.25, 0.3) is 0 Å². The molecule has 0 aromatic carbocycles. The summed E-state index contributed by atoms with van der Waals surface area (Å²) in [4.78, 5) is 0. The van der Waals surface area contributed by atoms with Crippen LogP contribution in [-0.4, -0.2) is 47.5 Å². The molecule has 0 rings (SSSR count). The fraction of sp³-hybridized carbons (Fsp3) is 1.00. The first kappa shape index (κ1) is 12.8. The lowest BCUT2D eigenvalue weighted by atomic mass is 10.4. The van der Waals surface area contributed by atoms with E-state index in [1.54, 1.807) is 7.05 Å². The van der Waals surface area contributed by atoms with E-state index < -0.39 is 10.0 Å². The number of sulfonamides is 1. The smallest absolute Gasteiger partial charge is 0.213 e. The Morgan fingerprint density at radius 2 is 2.08 bits per heavy atom. The number of nitrogens with one attached hydrogen (secondary N) is 2. The normalized spacial score (nSPS) is 14.4. The second kappa shape index (κ2) is 6.31. The molecule has 0 saturated carbocycles. The lowest BCUT2D eigenvalue weighted by molar-refractivity contribution is 0.217. The van der Waals surface area contributed by atoms with Gasteiger partial charge in [0.25, 0.3) is 0 Å². The topological polar surface area (TPSA) is 67.4 Å². The van der Waals surface area contributed by atoms with Crippen molar-refractivity contribution in [2.75, 3.05) is 33.1 Å². The average molecular weight is 210 g/mol. The van der Waals surface area contributed by atoms with Gasteiger partial charge in [0.05, 0.1) is 12.4 Å². The summed E-state index contributed by atoms with van der Waals surface area (Å²) in [5.41, 5.74) is 0. The van der Waals surface area contributed by atoms with E-state index in [-0.39, 0.29) is 18.4 Å². The Morgan fingerprint density at radius 3 is 2.54 bits per heavy atom. The van der Waals surface area contributed by atoms with Crippen LogP contribution in [0.5, 0.6) is 0 Å². The molecule has 0 aromatic rings. The van der Waals surface area contributed by atoms with E-state index in [9.17, 15) is 8.42 Å². The Bertz CT molecular complexity index is 216. The van der Waals surface area contributed by atoms with Gasteiger partial charge in [-0.05, 0) is 14.0 Å². The Kier molecular flexibility index (Phi) is 6.23. The predicted molar refractivity (Wildman–Crippen MR) is 52.2 cm³/mol. The van der Waals surface area contributed by atoms with Crippen LogP contribution >= 0.6 is 0 Å². The molecule has 0 fully saturated rings. The van der Waals surface area contributed by atoms with Crippen molar-refractivity contribution < 1.29 is 13.2 Å². The maximum absolute atomic E-state index is 11.2. The summed E-state index contributed by atoms with van der Waals surface area (Å²) in [5, 5.41) is 2.94. The van der Waals surface area contributed by atoms with E-state index >= 15 is 0 Å². The van der Waals surface area contributed by atoms with Gasteiger partial charge in [0, 0.05) is 19.7 Å². The summed E-state index contributed by atoms with van der Waals surface area (Å²) >= 11 is 0. The van der Waals surface area contributed by atoms with Crippen molar-refractivity contribution in [2.45, 2.75) is 13.0 Å². The highest BCUT2D eigenvalue weighted by Gasteiger charge is 2.10. The molecule has 0 amide bonds. The highest BCUT2D eigenvalue weighted by molar-refractivity contribution is 7.89. The second-order valence-corrected chi connectivity index (χ2v) is 4.78. The van der Waals surface area contributed by atoms with Gasteiger partial charge in [-0.3, -0.25) is 0 Å². The van der Waals surface area contributed by atoms with Crippen molar-refractivity contribution in [1.29, 1.82) is 0 Å². The Hall–Kier alpha value is -0.170. The zero-order chi connectivity index (χ0) is 10.3. The van der Waals surface area contributed by atoms with Crippen LogP contribution in [0.4, 0.5) is 0 Å². The van der Waals surface area contributed by atoms with Crippen LogP contribution in [0, 0.1) is 0 Å². The van der Waals surface area contributed by atoms with Crippen LogP contribution in [0.3, 0.4) is 0 Å². The van der Waals surface area contributed by atoms with E-state index in [1.165, 1.54) is 7.11 Å². The zero-order valence-corrected chi connectivity index (χ0v) is 9.15. The van der Waals surface area contributed by atoms with Crippen molar-refractivity contribution in [3.63, 3.8) is 0 Å². The molecule has 0 heterocycles. The van der Waals surface area contributed by atoms with Crippen LogP contribution in [-0.2, 0) is 14.8 Å². The molecule has 0 aliphatic rings. The molecule has 0 radical (unpaired) electrons. The summed E-state index contributed by atoms with van der Waals surface area (Å²) < 4.78 is 29.5. The SMILES string of the molecule is CNC(C)CNS(=O)(=O)CCOC. The number of methoxy groups -OCH3 is 1. The third kappa shape index (κ3) is 6.94. The van der Waals surface area contributed by atoms with Crippen molar-refractivity contribution >= 4 is 10.0 Å². The molecule has 6 heteroatoms. The summed E-state index contributed by atoms with van der Waals surface area (Å²) in [7, 11) is 0.0999. The quantitative estimate of drug-likeness (QED) is 0.575. The summed E-state index contributed by atoms with van der Waals surface area (Å²) in [5.74, 6) is 0.0138. The molecular formula is C7H18N2O3S. The fourth-order valence-electron chi connectivity index (χ4n) is 0.619. The molecule has 0 bridgehead atoms. The third-order valence-corrected chi connectivity index (χ3v) is 2.97. The minimum atomic E-state index is -3.16. The first-order valence-electron chi connectivity index (χ1n) is 4.15. The van der Waals surface area contributed by atoms with E-state index in [0.29, 0.717) is 6.54 Å². The standard InChI is InChI=1S/C7H18N2O3S/c1-7(8-2)6-9-13(10,11)5-4-12-3/h7-9H,4-6H2,1-3H3. The molecule has 0 aliphatic heterocycles. The molecule has 2 N–H and O–H groups in total. The minimum absolute atomic E-state index is 0.0138. The summed E-state index contributed by atoms with van der Waals surface area (Å²) in [6, 6.07) is 0.136. The average Bonchev–Trinajstić information content (AvgIpc) is 2.11. The molecule has 13 heavy (non-hydrogen) atoms. The van der Waals surface area contributed by atoms with Crippen LogP contribution in [0.1, 0.15) is 6.92 Å². The first-order chi connectivity index (χ1) is 6.02. The summed E-state index contributed by atoms with van der Waals surface area (Å²) in [6.07, 6.45) is 0. The highest BCUT2D eigenvalue weighted by atomic mass is 32.2. The summed E-state index contributed by atoms with van der Waals surface area (Å²) in [6.45, 7) is 2.53. The van der Waals surface area contributed by atoms with Gasteiger partial charge in [0.15, 0.2) is 0 Å². The minimum Gasteiger partial charge on any atom is -0.384 e. The van der Waals surface area contributed by atoms with Gasteiger partial charge in [-0.25, -0.2) is 13.1 Å². The van der Waals surface area contributed by atoms with Gasteiger partial charge in [-0.1, -0.05) is 0 Å². The molecule has 1 unspecified atom stereocenters. The zero-order valence-electron chi connectivity index (χ0n) is 8.33. The van der Waals surface area contributed by atoms with Crippen molar-refractivity contribution in [2.24, 2.45) is 0 Å². The van der Waals surface area contributed by atoms with Gasteiger partial charge in [0.2, 0.25) is 10.0 Å². The monoisotopic (exact) mass is 210 g/mol. The largest absolute Gasteiger partial charge is 0.384 e. The van der Waals surface area contributed by atoms with Crippen molar-refractivity contribution in [3.05, 3.63) is 0 Å². The molecular weight excluding hydrogens is 192 g/mol. The van der Waals surface area contributed by atoms with E-state index in [2.05, 4.69) is 14.8 Å². The Balaban J connectivity index is 3.76. The van der Waals surface area contributed by atoms with E-state index in [4.69, 9.17) is 0 Å². The fourth-order valence-corrected chi connectivity index (χ4v) is 1.65. The van der Waals surface area contributed by atoms with Crippen molar-refractivity contribution in [1.82, 2.24) is 10.0 Å². The van der Waals surface area contributed by atoms with Gasteiger partial charge < -0.3 is 10.1 Å². The van der Waals surface area contributed by atoms with E-state index in [0.717, 1.165) is 0 Å². The van der Waals surface area contributed by atoms with Crippen LogP contribution in [0.2, 0.25) is 0 Å². The Morgan fingerprint density at radius 1 is 1.46 bits per heavy atom.